The Hall–Kier alpha value is -3.59. The van der Waals surface area contributed by atoms with E-state index in [4.69, 9.17) is 4.74 Å². The number of ether oxygens (including phenoxy) is 1. The molecule has 2 saturated carbocycles. The lowest BCUT2D eigenvalue weighted by Gasteiger charge is -2.32. The van der Waals surface area contributed by atoms with Gasteiger partial charge < -0.3 is 15.0 Å². The van der Waals surface area contributed by atoms with Crippen molar-refractivity contribution in [2.75, 3.05) is 13.1 Å². The quantitative estimate of drug-likeness (QED) is 0.358. The van der Waals surface area contributed by atoms with Crippen LogP contribution in [-0.2, 0) is 48.7 Å². The van der Waals surface area contributed by atoms with Gasteiger partial charge in [0.25, 0.3) is 11.8 Å². The molecule has 3 N–H and O–H groups in total. The largest absolute Gasteiger partial charge is 0.444 e. The molecule has 3 fully saturated rings. The van der Waals surface area contributed by atoms with Crippen LogP contribution in [0.3, 0.4) is 0 Å². The zero-order valence-electron chi connectivity index (χ0n) is 28.6. The maximum Gasteiger partial charge on any atom is 0.410 e. The Balaban J connectivity index is 0.00000504. The topological polar surface area (TPSA) is 154 Å². The number of nitrogens with zero attached hydrogens (tertiary/aromatic N) is 2. The molecule has 3 aliphatic heterocycles. The normalized spacial score (nSPS) is 29.6. The van der Waals surface area contributed by atoms with Gasteiger partial charge in [0.1, 0.15) is 17.7 Å². The van der Waals surface area contributed by atoms with E-state index in [1.807, 2.05) is 18.2 Å². The number of fused-ring (bicyclic) bond motifs is 3. The van der Waals surface area contributed by atoms with Crippen LogP contribution in [-0.4, -0.2) is 90.0 Å². The maximum atomic E-state index is 15.1. The minimum atomic E-state index is -3.92. The number of aryl methyl sites for hydroxylation is 1. The minimum absolute atomic E-state index is 0. The Kier molecular flexibility index (Phi) is 11.2. The second kappa shape index (κ2) is 14.8. The molecule has 0 spiro atoms. The molecule has 4 bridgehead atoms. The molecule has 1 aromatic carbocycles. The average molecular weight is 736 g/mol. The van der Waals surface area contributed by atoms with Gasteiger partial charge in [-0.05, 0) is 61.1 Å². The summed E-state index contributed by atoms with van der Waals surface area (Å²) in [5.41, 5.74) is 1.48. The summed E-state index contributed by atoms with van der Waals surface area (Å²) >= 11 is 0. The highest BCUT2D eigenvalue weighted by atomic mass is 32.2. The predicted octanol–water partition coefficient (Wildman–Crippen LogP) is 3.78. The zero-order chi connectivity index (χ0) is 36.0. The highest BCUT2D eigenvalue weighted by Gasteiger charge is 2.62. The van der Waals surface area contributed by atoms with Gasteiger partial charge >= 0.3 is 6.09 Å². The highest BCUT2D eigenvalue weighted by molar-refractivity contribution is 7.91. The van der Waals surface area contributed by atoms with Crippen LogP contribution in [0, 0.1) is 11.8 Å². The van der Waals surface area contributed by atoms with Crippen molar-refractivity contribution < 1.29 is 41.1 Å². The van der Waals surface area contributed by atoms with E-state index in [-0.39, 0.29) is 33.2 Å². The summed E-state index contributed by atoms with van der Waals surface area (Å²) in [6, 6.07) is 3.56. The lowest BCUT2D eigenvalue weighted by Crippen LogP contribution is -2.59. The molecule has 282 valence electrons. The molecule has 0 unspecified atom stereocenters. The van der Waals surface area contributed by atoms with Crippen LogP contribution < -0.4 is 15.4 Å². The van der Waals surface area contributed by atoms with Gasteiger partial charge in [0, 0.05) is 31.8 Å². The van der Waals surface area contributed by atoms with Crippen molar-refractivity contribution in [1.29, 1.82) is 0 Å². The Morgan fingerprint density at radius 2 is 1.84 bits per heavy atom. The third kappa shape index (κ3) is 8.24. The first-order chi connectivity index (χ1) is 23.6. The number of alkyl halides is 2. The van der Waals surface area contributed by atoms with Crippen LogP contribution in [0.15, 0.2) is 30.9 Å². The molecule has 1 aromatic rings. The minimum Gasteiger partial charge on any atom is -0.444 e. The van der Waals surface area contributed by atoms with Crippen LogP contribution in [0.25, 0.3) is 0 Å². The number of carbonyl (C=O) groups is 4. The lowest BCUT2D eigenvalue weighted by atomic mass is 9.97. The van der Waals surface area contributed by atoms with E-state index in [1.165, 1.54) is 11.0 Å². The standard InChI is InChI=1S/C35H47F2N5O7S.CH4/c1-4-24-16-35(24,32(45)40-50(47,48)26-12-13-26)39-30(43)28-15-25-18-42(28)31(44)29(21(2)3)38-20-34(36,37)14-7-5-6-9-22-10-8-11-23-17-41(19-27(22)23)33(46)49-25;/h4,8,10-11,21,24-26,28-29,38H,1,5-7,9,12-20H2,2-3H3,(H,39,43)(H,40,45);1H4/t24-,25-,28+,29+,35-;/m1./s1. The van der Waals surface area contributed by atoms with Crippen molar-refractivity contribution in [2.45, 2.75) is 127 Å². The second-order valence-corrected chi connectivity index (χ2v) is 16.8. The monoisotopic (exact) mass is 735 g/mol. The number of amides is 4. The van der Waals surface area contributed by atoms with Crippen LogP contribution >= 0.6 is 0 Å². The summed E-state index contributed by atoms with van der Waals surface area (Å²) in [5, 5.41) is 4.80. The Morgan fingerprint density at radius 3 is 2.51 bits per heavy atom. The molecule has 6 rings (SSSR count). The smallest absolute Gasteiger partial charge is 0.410 e. The molecule has 0 radical (unpaired) electrons. The number of hydrogen-bond acceptors (Lipinski definition) is 8. The van der Waals surface area contributed by atoms with Crippen molar-refractivity contribution in [3.05, 3.63) is 47.5 Å². The highest BCUT2D eigenvalue weighted by Crippen LogP contribution is 2.45. The molecule has 5 aliphatic rings. The predicted molar refractivity (Wildman–Crippen MR) is 186 cm³/mol. The first kappa shape index (κ1) is 38.6. The lowest BCUT2D eigenvalue weighted by molar-refractivity contribution is -0.142. The number of hydrogen-bond donors (Lipinski definition) is 3. The fourth-order valence-corrected chi connectivity index (χ4v) is 8.84. The van der Waals surface area contributed by atoms with Crippen molar-refractivity contribution in [2.24, 2.45) is 11.8 Å². The van der Waals surface area contributed by atoms with Crippen molar-refractivity contribution in [1.82, 2.24) is 25.2 Å². The van der Waals surface area contributed by atoms with E-state index in [2.05, 4.69) is 21.9 Å². The van der Waals surface area contributed by atoms with Gasteiger partial charge in [0.15, 0.2) is 0 Å². The van der Waals surface area contributed by atoms with Gasteiger partial charge in [-0.25, -0.2) is 22.0 Å². The fraction of sp³-hybridized carbons (Fsp3) is 0.667. The summed E-state index contributed by atoms with van der Waals surface area (Å²) in [4.78, 5) is 57.8. The van der Waals surface area contributed by atoms with Gasteiger partial charge in [0.2, 0.25) is 21.8 Å². The molecule has 3 heterocycles. The van der Waals surface area contributed by atoms with Crippen LogP contribution in [0.4, 0.5) is 13.6 Å². The molecule has 0 aromatic heterocycles. The second-order valence-electron chi connectivity index (χ2n) is 14.9. The van der Waals surface area contributed by atoms with E-state index in [0.29, 0.717) is 45.2 Å². The van der Waals surface area contributed by atoms with Crippen LogP contribution in [0.5, 0.6) is 0 Å². The average Bonchev–Trinajstić information content (AvgIpc) is 3.94. The van der Waals surface area contributed by atoms with Gasteiger partial charge in [-0.3, -0.25) is 29.3 Å². The molecular weight excluding hydrogens is 684 g/mol. The summed E-state index contributed by atoms with van der Waals surface area (Å²) in [6.45, 7) is 6.90. The number of halogens is 2. The molecule has 51 heavy (non-hydrogen) atoms. The van der Waals surface area contributed by atoms with E-state index in [9.17, 15) is 27.6 Å². The third-order valence-corrected chi connectivity index (χ3v) is 12.5. The number of rotatable bonds is 7. The summed E-state index contributed by atoms with van der Waals surface area (Å²) in [6.07, 6.45) is 2.83. The number of nitrogens with one attached hydrogen (secondary N) is 3. The van der Waals surface area contributed by atoms with Crippen molar-refractivity contribution in [3.8, 4) is 0 Å². The van der Waals surface area contributed by atoms with E-state index in [0.717, 1.165) is 23.1 Å². The van der Waals surface area contributed by atoms with Crippen LogP contribution in [0.1, 0.15) is 89.3 Å². The zero-order valence-corrected chi connectivity index (χ0v) is 29.4. The van der Waals surface area contributed by atoms with Gasteiger partial charge in [0.05, 0.1) is 24.4 Å². The van der Waals surface area contributed by atoms with E-state index >= 15 is 8.78 Å². The number of carbonyl (C=O) groups excluding carboxylic acids is 4. The summed E-state index contributed by atoms with van der Waals surface area (Å²) in [7, 11) is -3.92. The maximum absolute atomic E-state index is 15.1. The van der Waals surface area contributed by atoms with Crippen LogP contribution in [0.2, 0.25) is 0 Å². The molecule has 5 atom stereocenters. The Labute approximate surface area is 299 Å². The van der Waals surface area contributed by atoms with Gasteiger partial charge in [-0.15, -0.1) is 6.58 Å². The first-order valence-corrected chi connectivity index (χ1v) is 19.2. The van der Waals surface area contributed by atoms with E-state index < -0.39 is 87.1 Å². The third-order valence-electron chi connectivity index (χ3n) is 10.7. The molecule has 1 saturated heterocycles. The Morgan fingerprint density at radius 1 is 1.12 bits per heavy atom. The van der Waals surface area contributed by atoms with Gasteiger partial charge in [-0.1, -0.05) is 52.0 Å². The molecular formula is C36H51F2N5O7S. The molecule has 15 heteroatoms. The fourth-order valence-electron chi connectivity index (χ4n) is 7.48. The van der Waals surface area contributed by atoms with Gasteiger partial charge in [-0.2, -0.15) is 0 Å². The van der Waals surface area contributed by atoms with E-state index in [1.54, 1.807) is 18.7 Å². The molecule has 2 aliphatic carbocycles. The molecule has 12 nitrogen and oxygen atoms in total. The first-order valence-electron chi connectivity index (χ1n) is 17.6. The Bertz CT molecular complexity index is 1650. The van der Waals surface area contributed by atoms with Crippen molar-refractivity contribution >= 4 is 33.8 Å². The summed E-state index contributed by atoms with van der Waals surface area (Å²) in [5.74, 6) is -6.30. The SMILES string of the molecule is C.C=C[C@@H]1C[C@]1(NC(=O)[C@@H]1C[C@@H]2CN1C(=O)[C@H](C(C)C)NCC(F)(F)CCCCCc1cccc3c1CN(C3)C(=O)O2)C(=O)NS(=O)(=O)C1CC1. The van der Waals surface area contributed by atoms with Crippen molar-refractivity contribution in [3.63, 3.8) is 0 Å². The molecule has 4 amide bonds. The summed E-state index contributed by atoms with van der Waals surface area (Å²) < 4.78 is 63.4. The number of sulfonamides is 1. The number of benzene rings is 1.